The lowest BCUT2D eigenvalue weighted by atomic mass is 9.97. The SMILES string of the molecule is CC(=O)O[C@@H]1[C@H](Oc2ccccc2)[C@@H](OCc2ccccc2)O[C@@H]2CO[C@@H](c3ccccc3)O[C@@H]12. The Morgan fingerprint density at radius 3 is 2.20 bits per heavy atom. The maximum Gasteiger partial charge on any atom is 0.303 e. The zero-order valence-corrected chi connectivity index (χ0v) is 19.4. The lowest BCUT2D eigenvalue weighted by Crippen LogP contribution is -2.64. The zero-order chi connectivity index (χ0) is 24.0. The molecule has 2 aliphatic heterocycles. The van der Waals surface area contributed by atoms with Crippen LogP contribution in [0.3, 0.4) is 0 Å². The van der Waals surface area contributed by atoms with Gasteiger partial charge < -0.3 is 28.4 Å². The summed E-state index contributed by atoms with van der Waals surface area (Å²) >= 11 is 0. The van der Waals surface area contributed by atoms with E-state index in [9.17, 15) is 4.79 Å². The summed E-state index contributed by atoms with van der Waals surface area (Å²) in [6.07, 6.45) is -4.08. The van der Waals surface area contributed by atoms with Crippen molar-refractivity contribution in [3.05, 3.63) is 102 Å². The molecule has 0 aromatic heterocycles. The maximum atomic E-state index is 12.2. The Hall–Kier alpha value is -3.23. The molecule has 0 saturated carbocycles. The summed E-state index contributed by atoms with van der Waals surface area (Å²) in [5.74, 6) is 0.169. The van der Waals surface area contributed by atoms with Gasteiger partial charge in [0.05, 0.1) is 13.2 Å². The van der Waals surface area contributed by atoms with Crippen molar-refractivity contribution in [2.24, 2.45) is 0 Å². The highest BCUT2D eigenvalue weighted by Gasteiger charge is 2.53. The maximum absolute atomic E-state index is 12.2. The second-order valence-corrected chi connectivity index (χ2v) is 8.49. The molecule has 2 heterocycles. The van der Waals surface area contributed by atoms with Gasteiger partial charge in [0.15, 0.2) is 24.8 Å². The molecule has 2 saturated heterocycles. The number of para-hydroxylation sites is 1. The van der Waals surface area contributed by atoms with Crippen LogP contribution in [0.5, 0.6) is 5.75 Å². The summed E-state index contributed by atoms with van der Waals surface area (Å²) in [4.78, 5) is 12.2. The van der Waals surface area contributed by atoms with E-state index < -0.39 is 43.0 Å². The van der Waals surface area contributed by atoms with Crippen molar-refractivity contribution in [1.82, 2.24) is 0 Å². The molecule has 0 radical (unpaired) electrons. The molecule has 5 rings (SSSR count). The van der Waals surface area contributed by atoms with E-state index in [1.165, 1.54) is 6.92 Å². The normalized spacial score (nSPS) is 28.0. The predicted molar refractivity (Wildman–Crippen MR) is 126 cm³/mol. The van der Waals surface area contributed by atoms with Crippen molar-refractivity contribution in [3.63, 3.8) is 0 Å². The minimum Gasteiger partial charge on any atom is -0.481 e. The molecule has 2 aliphatic rings. The first-order chi connectivity index (χ1) is 17.2. The van der Waals surface area contributed by atoms with E-state index in [0.29, 0.717) is 12.4 Å². The van der Waals surface area contributed by atoms with Crippen LogP contribution in [-0.2, 0) is 35.1 Å². The first-order valence-corrected chi connectivity index (χ1v) is 11.7. The topological polar surface area (TPSA) is 72.5 Å². The fourth-order valence-corrected chi connectivity index (χ4v) is 4.32. The number of carbonyl (C=O) groups is 1. The number of hydrogen-bond donors (Lipinski definition) is 0. The van der Waals surface area contributed by atoms with Crippen LogP contribution in [0.4, 0.5) is 0 Å². The third-order valence-electron chi connectivity index (χ3n) is 5.93. The Kier molecular flexibility index (Phi) is 7.39. The van der Waals surface area contributed by atoms with Crippen molar-refractivity contribution in [2.45, 2.75) is 50.5 Å². The Bertz CT molecular complexity index is 1080. The van der Waals surface area contributed by atoms with Crippen LogP contribution in [0.15, 0.2) is 91.0 Å². The Morgan fingerprint density at radius 2 is 1.51 bits per heavy atom. The standard InChI is InChI=1S/C28H28O7/c1-19(29)32-25-24-23(18-31-27(35-24)21-13-7-3-8-14-21)34-28(30-17-20-11-5-2-6-12-20)26(25)33-22-15-9-4-10-16-22/h2-16,23-28H,17-18H2,1H3/t23-,24-,25+,26+,27-,28+/m1/s1. The fourth-order valence-electron chi connectivity index (χ4n) is 4.32. The summed E-state index contributed by atoms with van der Waals surface area (Å²) in [6.45, 7) is 1.93. The van der Waals surface area contributed by atoms with Gasteiger partial charge >= 0.3 is 5.97 Å². The van der Waals surface area contributed by atoms with Crippen LogP contribution in [0.25, 0.3) is 0 Å². The molecule has 0 bridgehead atoms. The molecular formula is C28H28O7. The van der Waals surface area contributed by atoms with E-state index in [4.69, 9.17) is 28.4 Å². The number of hydrogen-bond acceptors (Lipinski definition) is 7. The minimum absolute atomic E-state index is 0.255. The van der Waals surface area contributed by atoms with Gasteiger partial charge in [-0.2, -0.15) is 0 Å². The van der Waals surface area contributed by atoms with E-state index in [0.717, 1.165) is 11.1 Å². The Labute approximate surface area is 204 Å². The van der Waals surface area contributed by atoms with Crippen molar-refractivity contribution in [2.75, 3.05) is 6.61 Å². The van der Waals surface area contributed by atoms with Crippen molar-refractivity contribution >= 4 is 5.97 Å². The van der Waals surface area contributed by atoms with E-state index in [1.807, 2.05) is 91.0 Å². The number of rotatable bonds is 7. The van der Waals surface area contributed by atoms with E-state index in [-0.39, 0.29) is 6.61 Å². The molecule has 0 N–H and O–H groups in total. The lowest BCUT2D eigenvalue weighted by Gasteiger charge is -2.48. The van der Waals surface area contributed by atoms with Gasteiger partial charge in [-0.3, -0.25) is 4.79 Å². The average molecular weight is 477 g/mol. The van der Waals surface area contributed by atoms with Gasteiger partial charge in [-0.1, -0.05) is 78.9 Å². The molecule has 0 amide bonds. The summed E-state index contributed by atoms with van der Waals surface area (Å²) in [5, 5.41) is 0. The minimum atomic E-state index is -0.818. The highest BCUT2D eigenvalue weighted by atomic mass is 16.8. The lowest BCUT2D eigenvalue weighted by molar-refractivity contribution is -0.360. The summed E-state index contributed by atoms with van der Waals surface area (Å²) in [7, 11) is 0. The summed E-state index contributed by atoms with van der Waals surface area (Å²) < 4.78 is 36.9. The number of ether oxygens (including phenoxy) is 6. The zero-order valence-electron chi connectivity index (χ0n) is 19.4. The van der Waals surface area contributed by atoms with Crippen molar-refractivity contribution in [3.8, 4) is 5.75 Å². The molecule has 2 fully saturated rings. The quantitative estimate of drug-likeness (QED) is 0.468. The number of fused-ring (bicyclic) bond motifs is 1. The molecule has 3 aromatic rings. The molecule has 0 aliphatic carbocycles. The second-order valence-electron chi connectivity index (χ2n) is 8.49. The van der Waals surface area contributed by atoms with Crippen LogP contribution in [0.2, 0.25) is 0 Å². The van der Waals surface area contributed by atoms with Gasteiger partial charge in [0.2, 0.25) is 0 Å². The first kappa shape index (κ1) is 23.5. The van der Waals surface area contributed by atoms with Gasteiger partial charge in [-0.15, -0.1) is 0 Å². The summed E-state index contributed by atoms with van der Waals surface area (Å²) in [5.41, 5.74) is 1.86. The van der Waals surface area contributed by atoms with Crippen LogP contribution < -0.4 is 4.74 Å². The van der Waals surface area contributed by atoms with Crippen LogP contribution in [-0.4, -0.2) is 43.3 Å². The Balaban J connectivity index is 1.42. The predicted octanol–water partition coefficient (Wildman–Crippen LogP) is 4.42. The average Bonchev–Trinajstić information content (AvgIpc) is 2.90. The van der Waals surface area contributed by atoms with Crippen LogP contribution in [0, 0.1) is 0 Å². The first-order valence-electron chi connectivity index (χ1n) is 11.7. The smallest absolute Gasteiger partial charge is 0.303 e. The van der Waals surface area contributed by atoms with Crippen molar-refractivity contribution < 1.29 is 33.2 Å². The van der Waals surface area contributed by atoms with E-state index in [1.54, 1.807) is 0 Å². The molecule has 0 spiro atoms. The monoisotopic (exact) mass is 476 g/mol. The highest BCUT2D eigenvalue weighted by Crippen LogP contribution is 2.37. The number of carbonyl (C=O) groups excluding carboxylic acids is 1. The largest absolute Gasteiger partial charge is 0.481 e. The molecule has 0 unspecified atom stereocenters. The molecule has 3 aromatic carbocycles. The van der Waals surface area contributed by atoms with E-state index >= 15 is 0 Å². The van der Waals surface area contributed by atoms with Gasteiger partial charge in [0, 0.05) is 12.5 Å². The molecular weight excluding hydrogens is 448 g/mol. The molecule has 7 heteroatoms. The van der Waals surface area contributed by atoms with Gasteiger partial charge in [0.25, 0.3) is 0 Å². The molecule has 7 nitrogen and oxygen atoms in total. The van der Waals surface area contributed by atoms with Gasteiger partial charge in [-0.25, -0.2) is 0 Å². The third-order valence-corrected chi connectivity index (χ3v) is 5.93. The molecule has 6 atom stereocenters. The van der Waals surface area contributed by atoms with Gasteiger partial charge in [-0.05, 0) is 17.7 Å². The molecule has 182 valence electrons. The van der Waals surface area contributed by atoms with Gasteiger partial charge in [0.1, 0.15) is 18.0 Å². The highest BCUT2D eigenvalue weighted by molar-refractivity contribution is 5.66. The second kappa shape index (κ2) is 11.0. The third kappa shape index (κ3) is 5.71. The van der Waals surface area contributed by atoms with Crippen molar-refractivity contribution in [1.29, 1.82) is 0 Å². The number of benzene rings is 3. The number of esters is 1. The van der Waals surface area contributed by atoms with Crippen LogP contribution in [0.1, 0.15) is 24.3 Å². The molecule has 35 heavy (non-hydrogen) atoms. The Morgan fingerprint density at radius 1 is 0.857 bits per heavy atom. The fraction of sp³-hybridized carbons (Fsp3) is 0.321. The summed E-state index contributed by atoms with van der Waals surface area (Å²) in [6, 6.07) is 28.7. The van der Waals surface area contributed by atoms with Crippen LogP contribution >= 0.6 is 0 Å². The van der Waals surface area contributed by atoms with E-state index in [2.05, 4.69) is 0 Å².